The number of aliphatic carboxylic acids is 8. The van der Waals surface area contributed by atoms with Crippen LogP contribution in [0.2, 0.25) is 0 Å². The van der Waals surface area contributed by atoms with Crippen LogP contribution in [0.1, 0.15) is 0 Å². The van der Waals surface area contributed by atoms with E-state index in [9.17, 15) is 79.2 Å². The fourth-order valence-electron chi connectivity index (χ4n) is 1.91. The first-order chi connectivity index (χ1) is 19.5. The number of carbonyl (C=O) groups excluding carboxylic acids is 8. The topological polar surface area (TPSA) is 778 Å². The SMILES string of the molecule is C1C[NH2+]CC[NH2+]1.O.O.O.O.O.O.O.O.O=C([O-])CNCC(=O)[O-].O=C([O-])CNCC(=O)[O-].O=C([O-])C[NH2+]CC(=O)[O-].O=C([O-])C[NH2+]CC(=O)[O-].[O-2].[O-2].[O-2].[O-2].[U].[U]. The van der Waals surface area contributed by atoms with Crippen LogP contribution in [-0.2, 0) is 60.3 Å². The Bertz CT molecular complexity index is 661. The van der Waals surface area contributed by atoms with E-state index in [0.717, 1.165) is 10.6 Å². The van der Waals surface area contributed by atoms with Crippen LogP contribution in [0.5, 0.6) is 0 Å². The van der Waals surface area contributed by atoms with Crippen molar-refractivity contribution in [2.24, 2.45) is 0 Å². The van der Waals surface area contributed by atoms with Gasteiger partial charge in [-0.2, -0.15) is 0 Å². The predicted octanol–water partition coefficient (Wildman–Crippen LogP) is -27.7. The van der Waals surface area contributed by atoms with Crippen molar-refractivity contribution in [1.82, 2.24) is 10.6 Å². The molecule has 0 aromatic heterocycles. The molecule has 1 fully saturated rings. The van der Waals surface area contributed by atoms with Gasteiger partial charge in [-0.3, -0.25) is 0 Å². The Balaban J connectivity index is -0.0000000190. The molecule has 0 spiro atoms. The maximum Gasteiger partial charge on any atom is 0.125 e. The molecule has 0 aromatic rings. The van der Waals surface area contributed by atoms with Crippen LogP contribution in [0.3, 0.4) is 0 Å². The Hall–Kier alpha value is -2.86. The molecule has 0 atom stereocenters. The zero-order valence-corrected chi connectivity index (χ0v) is 37.3. The fourth-order valence-corrected chi connectivity index (χ4v) is 1.91. The van der Waals surface area contributed by atoms with Gasteiger partial charge in [0.15, 0.2) is 0 Å². The van der Waals surface area contributed by atoms with Gasteiger partial charge in [0.05, 0.1) is 47.8 Å². The molecular weight excluding hydrogens is 1250 g/mol. The van der Waals surface area contributed by atoms with Gasteiger partial charge in [-0.05, 0) is 0 Å². The van der Waals surface area contributed by atoms with Gasteiger partial charge in [0, 0.05) is 88.4 Å². The Labute approximate surface area is 363 Å². The summed E-state index contributed by atoms with van der Waals surface area (Å²) in [7, 11) is 0. The van der Waals surface area contributed by atoms with E-state index in [2.05, 4.69) is 21.3 Å². The summed E-state index contributed by atoms with van der Waals surface area (Å²) in [5.41, 5.74) is 0. The van der Waals surface area contributed by atoms with Gasteiger partial charge < -0.3 is 177 Å². The van der Waals surface area contributed by atoms with Gasteiger partial charge in [-0.15, -0.1) is 0 Å². The number of rotatable bonds is 16. The van der Waals surface area contributed by atoms with E-state index in [0.29, 0.717) is 0 Å². The Kier molecular flexibility index (Phi) is 186. The zero-order chi connectivity index (χ0) is 33.3. The van der Waals surface area contributed by atoms with Crippen LogP contribution in [-0.4, -0.2) is 170 Å². The van der Waals surface area contributed by atoms with Crippen LogP contribution < -0.4 is 72.8 Å². The second-order valence-corrected chi connectivity index (χ2v) is 7.31. The third kappa shape index (κ3) is 175. The quantitative estimate of drug-likeness (QED) is 0.0836. The summed E-state index contributed by atoms with van der Waals surface area (Å²) in [4.78, 5) is 76.9. The minimum atomic E-state index is -1.34. The van der Waals surface area contributed by atoms with E-state index in [1.165, 1.54) is 26.2 Å². The second kappa shape index (κ2) is 89.0. The van der Waals surface area contributed by atoms with Crippen molar-refractivity contribution in [3.63, 3.8) is 0 Å². The van der Waals surface area contributed by atoms with Gasteiger partial charge in [0.1, 0.15) is 52.4 Å². The predicted molar refractivity (Wildman–Crippen MR) is 144 cm³/mol. The number of nitrogens with two attached hydrogens (primary N) is 4. The van der Waals surface area contributed by atoms with Crippen molar-refractivity contribution in [2.45, 2.75) is 0 Å². The van der Waals surface area contributed by atoms with Crippen molar-refractivity contribution in [1.29, 1.82) is 0 Å². The van der Waals surface area contributed by atoms with Crippen LogP contribution in [0.4, 0.5) is 0 Å². The fraction of sp³-hybridized carbons (Fsp3) is 0.600. The van der Waals surface area contributed by atoms with E-state index in [-0.39, 0.29) is 154 Å². The average molecular weight is 1300 g/mol. The first-order valence-electron chi connectivity index (χ1n) is 11.8. The first-order valence-corrected chi connectivity index (χ1v) is 11.8. The minimum Gasteiger partial charge on any atom is -2.00 e. The summed E-state index contributed by atoms with van der Waals surface area (Å²) < 4.78 is 0. The number of piperazine rings is 1. The number of nitrogens with one attached hydrogen (secondary N) is 2. The zero-order valence-electron chi connectivity index (χ0n) is 29.0. The molecule has 0 bridgehead atoms. The smallest absolute Gasteiger partial charge is 0.125 e. The van der Waals surface area contributed by atoms with Gasteiger partial charge in [0.25, 0.3) is 0 Å². The van der Waals surface area contributed by atoms with Gasteiger partial charge in [0.2, 0.25) is 0 Å². The first kappa shape index (κ1) is 117. The molecule has 36 heteroatoms. The van der Waals surface area contributed by atoms with E-state index in [1.807, 2.05) is 0 Å². The molecule has 1 saturated heterocycles. The Morgan fingerprint density at radius 1 is 0.357 bits per heavy atom. The molecule has 1 aliphatic rings. The second-order valence-electron chi connectivity index (χ2n) is 7.31. The van der Waals surface area contributed by atoms with Crippen LogP contribution in [0.15, 0.2) is 0 Å². The molecule has 0 amide bonds. The normalized spacial score (nSPS) is 8.29. The van der Waals surface area contributed by atoms with Crippen LogP contribution in [0, 0.1) is 62.2 Å². The molecule has 1 heterocycles. The maximum atomic E-state index is 9.63. The Morgan fingerprint density at radius 2 is 0.500 bits per heavy atom. The molecule has 56 heavy (non-hydrogen) atoms. The van der Waals surface area contributed by atoms with Gasteiger partial charge in [-0.25, -0.2) is 0 Å². The van der Waals surface area contributed by atoms with Crippen molar-refractivity contribution in [2.75, 3.05) is 78.5 Å². The van der Waals surface area contributed by atoms with Crippen molar-refractivity contribution in [3.8, 4) is 0 Å². The summed E-state index contributed by atoms with van der Waals surface area (Å²) in [5, 5.41) is 87.9. The molecule has 26 N–H and O–H groups in total. The molecule has 348 valence electrons. The Morgan fingerprint density at radius 3 is 0.589 bits per heavy atom. The van der Waals surface area contributed by atoms with Crippen molar-refractivity contribution in [3.05, 3.63) is 0 Å². The van der Waals surface area contributed by atoms with Crippen LogP contribution >= 0.6 is 0 Å². The largest absolute Gasteiger partial charge is 2.00 e. The number of hydrogen-bond acceptors (Lipinski definition) is 18. The third-order valence-electron chi connectivity index (χ3n) is 3.47. The van der Waals surface area contributed by atoms with E-state index >= 15 is 0 Å². The summed E-state index contributed by atoms with van der Waals surface area (Å²) in [6, 6.07) is 0. The van der Waals surface area contributed by atoms with Crippen LogP contribution in [0.25, 0.3) is 0 Å². The summed E-state index contributed by atoms with van der Waals surface area (Å²) >= 11 is 0. The molecule has 1 aliphatic heterocycles. The number of hydrogen-bond donors (Lipinski definition) is 6. The number of carbonyl (C=O) groups is 8. The number of quaternary nitrogens is 4. The summed E-state index contributed by atoms with van der Waals surface area (Å²) in [6.07, 6.45) is 0. The monoisotopic (exact) mass is 1300 g/mol. The molecule has 0 unspecified atom stereocenters. The third-order valence-corrected chi connectivity index (χ3v) is 3.47. The van der Waals surface area contributed by atoms with E-state index in [4.69, 9.17) is 0 Å². The molecule has 0 aromatic carbocycles. The molecule has 1 rings (SSSR count). The molecule has 0 radical (unpaired) electrons. The molecule has 0 aliphatic carbocycles. The summed E-state index contributed by atoms with van der Waals surface area (Å²) in [6.45, 7) is 2.06. The van der Waals surface area contributed by atoms with Crippen molar-refractivity contribution < 1.29 is 228 Å². The minimum absolute atomic E-state index is 0. The molecular formula is C20H50N6O28U2-12. The molecule has 0 saturated carbocycles. The maximum absolute atomic E-state index is 9.63. The van der Waals surface area contributed by atoms with E-state index < -0.39 is 73.9 Å². The molecule has 34 nitrogen and oxygen atoms in total. The standard InChI is InChI=1S/C4H10N2.4C4H7NO4.8H2O.4O.2U/c1-2-6-4-3-5-1;4*6-3(7)1-5-2-4(8)9;;;;;;;;;;;;;;/h5-6H,1-4H2;4*5H,1-2H2,(H,6,7)(H,8,9);8*1H2;;;;;;/q;;;;;;;;;;;;;4*-2;;/p-4. The summed E-state index contributed by atoms with van der Waals surface area (Å²) in [5.74, 6) is -10.5. The number of carboxylic acid groups (broad SMARTS) is 8. The average Bonchev–Trinajstić information content (AvgIpc) is 2.85. The van der Waals surface area contributed by atoms with E-state index in [1.54, 1.807) is 0 Å². The van der Waals surface area contributed by atoms with Gasteiger partial charge >= 0.3 is 0 Å². The number of carboxylic acids is 8. The van der Waals surface area contributed by atoms with Gasteiger partial charge in [-0.1, -0.05) is 0 Å². The van der Waals surface area contributed by atoms with Crippen molar-refractivity contribution >= 4 is 47.8 Å².